The maximum atomic E-state index is 2.28. The van der Waals surface area contributed by atoms with Gasteiger partial charge in [0.25, 0.3) is 0 Å². The molecule has 0 aromatic carbocycles. The quantitative estimate of drug-likeness (QED) is 0.350. The highest BCUT2D eigenvalue weighted by Crippen LogP contribution is 2.06. The van der Waals surface area contributed by atoms with Gasteiger partial charge in [0, 0.05) is 0 Å². The van der Waals surface area contributed by atoms with Gasteiger partial charge < -0.3 is 24.0 Å². The molecule has 0 N–H and O–H groups in total. The number of rotatable bonds is 0. The van der Waals surface area contributed by atoms with Crippen LogP contribution in [0.15, 0.2) is 0 Å². The van der Waals surface area contributed by atoms with E-state index in [0.29, 0.717) is 0 Å². The van der Waals surface area contributed by atoms with E-state index in [9.17, 15) is 0 Å². The molecule has 0 saturated heterocycles. The second-order valence-corrected chi connectivity index (χ2v) is 3.10. The monoisotopic (exact) mass is 272 g/mol. The zero-order valence-corrected chi connectivity index (χ0v) is 9.57. The maximum absolute atomic E-state index is 2.28. The summed E-state index contributed by atoms with van der Waals surface area (Å²) in [5.41, 5.74) is 0. The van der Waals surface area contributed by atoms with Crippen molar-refractivity contribution in [1.29, 1.82) is 0 Å². The van der Waals surface area contributed by atoms with Crippen molar-refractivity contribution in [2.24, 2.45) is 0 Å². The first-order chi connectivity index (χ1) is 4.25. The molecular weight excluding hydrogens is 259 g/mol. The molecule has 2 nitrogen and oxygen atoms in total. The highest BCUT2D eigenvalue weighted by Gasteiger charge is 2.22. The normalized spacial score (nSPS) is 17.7. The second kappa shape index (κ2) is 4.43. The van der Waals surface area contributed by atoms with Crippen molar-refractivity contribution in [3.05, 3.63) is 0 Å². The van der Waals surface area contributed by atoms with Gasteiger partial charge in [0.1, 0.15) is 13.1 Å². The Labute approximate surface area is 83.7 Å². The predicted molar refractivity (Wildman–Crippen MR) is 42.2 cm³/mol. The average Bonchev–Trinajstić information content (AvgIpc) is 2.12. The fourth-order valence-corrected chi connectivity index (χ4v) is 1.90. The summed E-state index contributed by atoms with van der Waals surface area (Å²) in [6.45, 7) is 2.35. The fraction of sp³-hybridized carbons (Fsp3) is 0.833. The summed E-state index contributed by atoms with van der Waals surface area (Å²) in [4.78, 5) is 2.28. The first-order valence-electron chi connectivity index (χ1n) is 3.09. The molecule has 60 valence electrons. The third-order valence-electron chi connectivity index (χ3n) is 1.61. The van der Waals surface area contributed by atoms with Crippen LogP contribution in [-0.4, -0.2) is 48.1 Å². The minimum absolute atomic E-state index is 0. The predicted octanol–water partition coefficient (Wildman–Crippen LogP) is -2.70. The number of hydrogen-bond donors (Lipinski definition) is 0. The zero-order valence-electron chi connectivity index (χ0n) is 6.59. The van der Waals surface area contributed by atoms with Crippen molar-refractivity contribution < 1.29 is 28.6 Å². The smallest absolute Gasteiger partial charge is 0.307 e. The first-order valence-corrected chi connectivity index (χ1v) is 4.31. The average molecular weight is 272 g/mol. The number of hydrogen-bond acceptors (Lipinski definition) is 2. The van der Waals surface area contributed by atoms with Crippen LogP contribution >= 0.6 is 11.8 Å². The Morgan fingerprint density at radius 3 is 2.40 bits per heavy atom. The lowest BCUT2D eigenvalue weighted by molar-refractivity contribution is -0.483. The van der Waals surface area contributed by atoms with Gasteiger partial charge in [-0.15, -0.1) is 0 Å². The molecule has 0 aromatic heterocycles. The van der Waals surface area contributed by atoms with E-state index in [1.165, 1.54) is 18.3 Å². The Morgan fingerprint density at radius 1 is 1.60 bits per heavy atom. The lowest BCUT2D eigenvalue weighted by Crippen LogP contribution is -3.00. The van der Waals surface area contributed by atoms with Crippen LogP contribution < -0.4 is 24.0 Å². The summed E-state index contributed by atoms with van der Waals surface area (Å²) in [7, 11) is 4.27. The van der Waals surface area contributed by atoms with Gasteiger partial charge in [-0.05, 0) is 18.0 Å². The molecule has 0 unspecified atom stereocenters. The molecule has 0 spiro atoms. The Bertz CT molecular complexity index is 147. The summed E-state index contributed by atoms with van der Waals surface area (Å²) in [6, 6.07) is 0. The van der Waals surface area contributed by atoms with E-state index >= 15 is 0 Å². The largest absolute Gasteiger partial charge is 1.00 e. The van der Waals surface area contributed by atoms with E-state index in [-0.39, 0.29) is 24.0 Å². The molecule has 4 heteroatoms. The van der Waals surface area contributed by atoms with Crippen molar-refractivity contribution >= 4 is 16.9 Å². The fourth-order valence-electron chi connectivity index (χ4n) is 1.09. The van der Waals surface area contributed by atoms with Gasteiger partial charge in [-0.3, -0.25) is 9.48 Å². The number of thioether (sulfide) groups is 1. The van der Waals surface area contributed by atoms with Crippen LogP contribution in [-0.2, 0) is 0 Å². The van der Waals surface area contributed by atoms with Gasteiger partial charge in [0.2, 0.25) is 0 Å². The lowest BCUT2D eigenvalue weighted by Gasteiger charge is -2.01. The number of nitrogens with zero attached hydrogens (tertiary/aromatic N) is 2. The SMILES string of the molecule is CSC1=[N+](C)CCN1C.[I-]. The molecule has 1 rings (SSSR count). The summed E-state index contributed by atoms with van der Waals surface area (Å²) < 4.78 is 2.28. The van der Waals surface area contributed by atoms with Gasteiger partial charge in [0.05, 0.1) is 14.1 Å². The third-order valence-corrected chi connectivity index (χ3v) is 2.59. The van der Waals surface area contributed by atoms with Gasteiger partial charge in [-0.25, -0.2) is 0 Å². The molecule has 0 aliphatic carbocycles. The topological polar surface area (TPSA) is 6.25 Å². The van der Waals surface area contributed by atoms with Crippen molar-refractivity contribution in [2.45, 2.75) is 0 Å². The molecule has 0 bridgehead atoms. The highest BCUT2D eigenvalue weighted by atomic mass is 127. The number of halogens is 1. The van der Waals surface area contributed by atoms with Gasteiger partial charge in [-0.1, -0.05) is 0 Å². The van der Waals surface area contributed by atoms with E-state index in [1.807, 2.05) is 11.8 Å². The first kappa shape index (κ1) is 10.6. The van der Waals surface area contributed by atoms with Crippen LogP contribution in [0.25, 0.3) is 0 Å². The lowest BCUT2D eigenvalue weighted by atomic mass is 10.6. The van der Waals surface area contributed by atoms with Crippen LogP contribution in [0, 0.1) is 0 Å². The minimum atomic E-state index is 0. The minimum Gasteiger partial charge on any atom is -1.00 e. The molecule has 1 aliphatic heterocycles. The van der Waals surface area contributed by atoms with Gasteiger partial charge >= 0.3 is 5.17 Å². The van der Waals surface area contributed by atoms with Gasteiger partial charge in [0.15, 0.2) is 0 Å². The number of amidine groups is 1. The molecule has 10 heavy (non-hydrogen) atoms. The third kappa shape index (κ3) is 2.02. The van der Waals surface area contributed by atoms with Gasteiger partial charge in [-0.2, -0.15) is 0 Å². The van der Waals surface area contributed by atoms with Crippen LogP contribution in [0.5, 0.6) is 0 Å². The van der Waals surface area contributed by atoms with Crippen molar-refractivity contribution in [2.75, 3.05) is 33.4 Å². The molecule has 1 aliphatic rings. The molecule has 0 atom stereocenters. The summed E-state index contributed by atoms with van der Waals surface area (Å²) in [5.74, 6) is 0. The number of likely N-dealkylation sites (N-methyl/N-ethyl adjacent to an activating group) is 2. The Hall–Kier alpha value is 0.550. The zero-order chi connectivity index (χ0) is 6.85. The van der Waals surface area contributed by atoms with E-state index in [4.69, 9.17) is 0 Å². The molecule has 1 heterocycles. The van der Waals surface area contributed by atoms with Crippen molar-refractivity contribution in [3.63, 3.8) is 0 Å². The second-order valence-electron chi connectivity index (χ2n) is 2.33. The van der Waals surface area contributed by atoms with Crippen LogP contribution in [0.4, 0.5) is 0 Å². The Morgan fingerprint density at radius 2 is 2.20 bits per heavy atom. The Kier molecular flexibility index (Phi) is 4.68. The Balaban J connectivity index is 0.000000810. The van der Waals surface area contributed by atoms with Crippen LogP contribution in [0.3, 0.4) is 0 Å². The summed E-state index contributed by atoms with van der Waals surface area (Å²) >= 11 is 1.82. The van der Waals surface area contributed by atoms with E-state index < -0.39 is 0 Å². The summed E-state index contributed by atoms with van der Waals surface area (Å²) in [5, 5.41) is 1.38. The van der Waals surface area contributed by atoms with Crippen LogP contribution in [0.1, 0.15) is 0 Å². The maximum Gasteiger partial charge on any atom is 0.307 e. The summed E-state index contributed by atoms with van der Waals surface area (Å²) in [6.07, 6.45) is 2.12. The van der Waals surface area contributed by atoms with E-state index in [1.54, 1.807) is 0 Å². The standard InChI is InChI=1S/C6H13N2S.HI/c1-7-4-5-8(2)6(7)9-3;/h4-5H2,1-3H3;1H/q+1;/p-1. The van der Waals surface area contributed by atoms with Crippen LogP contribution in [0.2, 0.25) is 0 Å². The highest BCUT2D eigenvalue weighted by molar-refractivity contribution is 8.12. The molecule has 0 saturated carbocycles. The van der Waals surface area contributed by atoms with E-state index in [2.05, 4.69) is 29.8 Å². The van der Waals surface area contributed by atoms with E-state index in [0.717, 1.165) is 0 Å². The molecule has 0 radical (unpaired) electrons. The van der Waals surface area contributed by atoms with Crippen molar-refractivity contribution in [1.82, 2.24) is 4.90 Å². The molecular formula is C6H13IN2S. The van der Waals surface area contributed by atoms with Crippen molar-refractivity contribution in [3.8, 4) is 0 Å². The molecule has 0 fully saturated rings. The molecule has 0 amide bonds. The molecule has 0 aromatic rings.